The zero-order valence-electron chi connectivity index (χ0n) is 53.9. The zero-order valence-corrected chi connectivity index (χ0v) is 54.8. The van der Waals surface area contributed by atoms with Crippen LogP contribution in [0.2, 0.25) is 0 Å². The van der Waals surface area contributed by atoms with Crippen LogP contribution in [0.15, 0.2) is 12.2 Å². The number of amides is 1. The van der Waals surface area contributed by atoms with Crippen molar-refractivity contribution in [3.63, 3.8) is 0 Å². The molecule has 0 aliphatic rings. The van der Waals surface area contributed by atoms with Crippen molar-refractivity contribution >= 4 is 19.7 Å². The van der Waals surface area contributed by atoms with Crippen LogP contribution in [0.25, 0.3) is 0 Å². The summed E-state index contributed by atoms with van der Waals surface area (Å²) in [6.07, 6.45) is 70.6. The molecule has 0 saturated carbocycles. The second-order valence-corrected chi connectivity index (χ2v) is 26.8. The third-order valence-electron chi connectivity index (χ3n) is 16.2. The van der Waals surface area contributed by atoms with E-state index in [9.17, 15) is 19.0 Å². The maximum absolute atomic E-state index is 13.5. The lowest BCUT2D eigenvalue weighted by molar-refractivity contribution is -0.870. The molecule has 0 bridgehead atoms. The number of phosphoric acid groups is 1. The first-order valence-electron chi connectivity index (χ1n) is 35.0. The minimum Gasteiger partial charge on any atom is -0.756 e. The molecule has 0 aromatic heterocycles. The van der Waals surface area contributed by atoms with Gasteiger partial charge in [0.25, 0.3) is 7.82 Å². The predicted octanol–water partition coefficient (Wildman–Crippen LogP) is 21.3. The Kier molecular flexibility index (Phi) is 58.9. The number of rotatable bonds is 65. The average Bonchev–Trinajstić information content (AvgIpc) is 3.41. The third-order valence-corrected chi connectivity index (χ3v) is 17.2. The van der Waals surface area contributed by atoms with E-state index in [1.807, 2.05) is 33.3 Å². The van der Waals surface area contributed by atoms with Gasteiger partial charge in [-0.05, 0) is 31.8 Å². The van der Waals surface area contributed by atoms with Crippen LogP contribution in [0, 0.1) is 0 Å². The molecule has 0 fully saturated rings. The molecule has 0 aliphatic carbocycles. The number of nitrogens with one attached hydrogen (secondary N) is 1. The van der Waals surface area contributed by atoms with Crippen molar-refractivity contribution in [1.82, 2.24) is 5.32 Å². The maximum atomic E-state index is 13.5. The van der Waals surface area contributed by atoms with Gasteiger partial charge in [-0.2, -0.15) is 0 Å². The van der Waals surface area contributed by atoms with Crippen LogP contribution in [0.1, 0.15) is 367 Å². The molecular formula is C69H137N2O7P. The van der Waals surface area contributed by atoms with E-state index in [1.54, 1.807) is 0 Å². The van der Waals surface area contributed by atoms with Crippen LogP contribution in [-0.2, 0) is 27.9 Å². The van der Waals surface area contributed by atoms with E-state index in [1.165, 1.54) is 276 Å². The highest BCUT2D eigenvalue weighted by atomic mass is 31.2. The van der Waals surface area contributed by atoms with E-state index < -0.39 is 20.0 Å². The van der Waals surface area contributed by atoms with Gasteiger partial charge in [0.2, 0.25) is 5.91 Å². The van der Waals surface area contributed by atoms with Gasteiger partial charge in [0.15, 0.2) is 0 Å². The van der Waals surface area contributed by atoms with Gasteiger partial charge < -0.3 is 28.5 Å². The third kappa shape index (κ3) is 61.1. The van der Waals surface area contributed by atoms with E-state index in [2.05, 4.69) is 26.1 Å². The molecule has 0 aliphatic heterocycles. The summed E-state index contributed by atoms with van der Waals surface area (Å²) in [6, 6.07) is -0.880. The van der Waals surface area contributed by atoms with E-state index in [0.717, 1.165) is 57.8 Å². The normalized spacial score (nSPS) is 13.6. The summed E-state index contributed by atoms with van der Waals surface area (Å²) < 4.78 is 30.4. The molecule has 0 radical (unpaired) electrons. The summed E-state index contributed by atoms with van der Waals surface area (Å²) in [5.74, 6) is -0.516. The molecule has 0 aromatic carbocycles. The summed E-state index contributed by atoms with van der Waals surface area (Å²) >= 11 is 0. The first-order valence-corrected chi connectivity index (χ1v) is 36.5. The summed E-state index contributed by atoms with van der Waals surface area (Å²) in [4.78, 5) is 40.1. The summed E-state index contributed by atoms with van der Waals surface area (Å²) in [6.45, 7) is 6.91. The van der Waals surface area contributed by atoms with Gasteiger partial charge >= 0.3 is 5.97 Å². The topological polar surface area (TPSA) is 114 Å². The fourth-order valence-corrected chi connectivity index (χ4v) is 11.5. The Bertz CT molecular complexity index is 1360. The number of quaternary nitrogens is 1. The molecule has 1 amide bonds. The number of hydrogen-bond donors (Lipinski definition) is 1. The van der Waals surface area contributed by atoms with Crippen LogP contribution in [0.5, 0.6) is 0 Å². The Morgan fingerprint density at radius 1 is 0.430 bits per heavy atom. The second kappa shape index (κ2) is 59.9. The SMILES string of the molecule is CCCCCCCCCCCCC/C=C\C(OC(=O)CCCCCCCCCCCCCCCCCCCCCCCCCCCCC)C(COP(=O)([O-])OCC[N+](C)(C)C)NC(=O)CCCCCCCCCCCCCCC. The van der Waals surface area contributed by atoms with Gasteiger partial charge in [-0.25, -0.2) is 0 Å². The van der Waals surface area contributed by atoms with Crippen LogP contribution in [0.3, 0.4) is 0 Å². The number of phosphoric ester groups is 1. The van der Waals surface area contributed by atoms with Crippen molar-refractivity contribution in [2.24, 2.45) is 0 Å². The number of unbranched alkanes of at least 4 members (excludes halogenated alkanes) is 49. The fourth-order valence-electron chi connectivity index (χ4n) is 10.8. The lowest BCUT2D eigenvalue weighted by atomic mass is 10.0. The van der Waals surface area contributed by atoms with Crippen molar-refractivity contribution in [1.29, 1.82) is 0 Å². The largest absolute Gasteiger partial charge is 0.756 e. The highest BCUT2D eigenvalue weighted by Gasteiger charge is 2.27. The number of allylic oxidation sites excluding steroid dienone is 1. The van der Waals surface area contributed by atoms with Crippen LogP contribution in [0.4, 0.5) is 0 Å². The number of likely N-dealkylation sites (N-methyl/N-ethyl adjacent to an activating group) is 1. The van der Waals surface area contributed by atoms with Crippen molar-refractivity contribution in [3.05, 3.63) is 12.2 Å². The first kappa shape index (κ1) is 77.8. The number of nitrogens with zero attached hydrogens (tertiary/aromatic N) is 1. The Balaban J connectivity index is 4.95. The minimum absolute atomic E-state index is 0.0166. The monoisotopic (exact) mass is 1140 g/mol. The molecule has 9 nitrogen and oxygen atoms in total. The van der Waals surface area contributed by atoms with Crippen LogP contribution >= 0.6 is 7.82 Å². The molecule has 3 unspecified atom stereocenters. The molecule has 0 rings (SSSR count). The van der Waals surface area contributed by atoms with E-state index in [-0.39, 0.29) is 31.5 Å². The molecule has 0 saturated heterocycles. The Morgan fingerprint density at radius 3 is 1.04 bits per heavy atom. The summed E-state index contributed by atoms with van der Waals surface area (Å²) in [7, 11) is 1.21. The Hall–Kier alpha value is -1.25. The summed E-state index contributed by atoms with van der Waals surface area (Å²) in [5, 5.41) is 3.04. The molecule has 79 heavy (non-hydrogen) atoms. The standard InChI is InChI=1S/C69H137N2O7P/c1-7-10-13-16-19-22-25-28-29-30-31-32-33-34-35-36-37-38-39-40-41-44-47-50-53-56-59-62-69(73)78-67(60-57-54-51-48-45-42-26-23-20-17-14-11-8-2)66(65-77-79(74,75)76-64-63-71(4,5)6)70-68(72)61-58-55-52-49-46-43-27-24-21-18-15-12-9-3/h57,60,66-67H,7-56,58-59,61-65H2,1-6H3,(H-,70,72,74,75)/b60-57-. The maximum Gasteiger partial charge on any atom is 0.306 e. The fraction of sp³-hybridized carbons (Fsp3) is 0.942. The van der Waals surface area contributed by atoms with Crippen molar-refractivity contribution in [2.45, 2.75) is 380 Å². The molecule has 470 valence electrons. The zero-order chi connectivity index (χ0) is 57.9. The van der Waals surface area contributed by atoms with Crippen molar-refractivity contribution < 1.29 is 37.3 Å². The lowest BCUT2D eigenvalue weighted by Crippen LogP contribution is -2.47. The number of carbonyl (C=O) groups excluding carboxylic acids is 2. The van der Waals surface area contributed by atoms with Gasteiger partial charge in [0.1, 0.15) is 19.3 Å². The number of esters is 1. The van der Waals surface area contributed by atoms with Gasteiger partial charge in [0, 0.05) is 12.8 Å². The van der Waals surface area contributed by atoms with Crippen LogP contribution < -0.4 is 10.2 Å². The highest BCUT2D eigenvalue weighted by molar-refractivity contribution is 7.45. The quantitative estimate of drug-likeness (QED) is 0.0212. The van der Waals surface area contributed by atoms with E-state index in [0.29, 0.717) is 17.4 Å². The van der Waals surface area contributed by atoms with Gasteiger partial charge in [-0.15, -0.1) is 0 Å². The molecular weight excluding hydrogens is 1000 g/mol. The average molecular weight is 1140 g/mol. The Labute approximate surface area is 492 Å². The Morgan fingerprint density at radius 2 is 0.722 bits per heavy atom. The number of ether oxygens (including phenoxy) is 1. The summed E-state index contributed by atoms with van der Waals surface area (Å²) in [5.41, 5.74) is 0. The van der Waals surface area contributed by atoms with Gasteiger partial charge in [-0.1, -0.05) is 335 Å². The first-order chi connectivity index (χ1) is 38.4. The second-order valence-electron chi connectivity index (χ2n) is 25.4. The van der Waals surface area contributed by atoms with Gasteiger partial charge in [-0.3, -0.25) is 14.2 Å². The van der Waals surface area contributed by atoms with Crippen molar-refractivity contribution in [3.8, 4) is 0 Å². The highest BCUT2D eigenvalue weighted by Crippen LogP contribution is 2.38. The molecule has 0 heterocycles. The predicted molar refractivity (Wildman–Crippen MR) is 340 cm³/mol. The number of hydrogen-bond acceptors (Lipinski definition) is 7. The lowest BCUT2D eigenvalue weighted by Gasteiger charge is -2.30. The molecule has 0 spiro atoms. The van der Waals surface area contributed by atoms with Gasteiger partial charge in [0.05, 0.1) is 33.8 Å². The number of carbonyl (C=O) groups is 2. The van der Waals surface area contributed by atoms with E-state index in [4.69, 9.17) is 13.8 Å². The van der Waals surface area contributed by atoms with Crippen molar-refractivity contribution in [2.75, 3.05) is 40.9 Å². The molecule has 3 atom stereocenters. The smallest absolute Gasteiger partial charge is 0.306 e. The van der Waals surface area contributed by atoms with E-state index >= 15 is 0 Å². The molecule has 10 heteroatoms. The minimum atomic E-state index is -4.69. The van der Waals surface area contributed by atoms with Crippen LogP contribution in [-0.4, -0.2) is 69.4 Å². The molecule has 0 aromatic rings. The molecule has 1 N–H and O–H groups in total.